The van der Waals surface area contributed by atoms with Gasteiger partial charge in [0.1, 0.15) is 0 Å². The second-order valence-electron chi connectivity index (χ2n) is 5.35. The molecule has 2 heterocycles. The molecule has 0 saturated carbocycles. The summed E-state index contributed by atoms with van der Waals surface area (Å²) in [7, 11) is 0. The Morgan fingerprint density at radius 1 is 1.18 bits per heavy atom. The van der Waals surface area contributed by atoms with Crippen LogP contribution in [-0.4, -0.2) is 45.3 Å². The van der Waals surface area contributed by atoms with Crippen molar-refractivity contribution in [1.29, 1.82) is 0 Å². The molecular weight excluding hydrogens is 296 g/mol. The molecule has 0 unspecified atom stereocenters. The SMILES string of the molecule is C[C@H]1CN(c2c(C3OCCO3)cc(C=O)c(F)c2F)CCO1. The van der Waals surface area contributed by atoms with E-state index in [-0.39, 0.29) is 17.4 Å². The number of ether oxygens (including phenoxy) is 3. The highest BCUT2D eigenvalue weighted by Gasteiger charge is 2.31. The first-order valence-electron chi connectivity index (χ1n) is 7.18. The van der Waals surface area contributed by atoms with E-state index in [0.717, 1.165) is 0 Å². The van der Waals surface area contributed by atoms with E-state index in [1.54, 1.807) is 4.90 Å². The largest absolute Gasteiger partial charge is 0.375 e. The van der Waals surface area contributed by atoms with Gasteiger partial charge in [0.25, 0.3) is 0 Å². The Morgan fingerprint density at radius 2 is 1.91 bits per heavy atom. The molecule has 22 heavy (non-hydrogen) atoms. The lowest BCUT2D eigenvalue weighted by molar-refractivity contribution is -0.0442. The molecule has 2 fully saturated rings. The van der Waals surface area contributed by atoms with E-state index in [1.807, 2.05) is 6.92 Å². The van der Waals surface area contributed by atoms with E-state index >= 15 is 0 Å². The van der Waals surface area contributed by atoms with Crippen molar-refractivity contribution in [2.75, 3.05) is 37.8 Å². The van der Waals surface area contributed by atoms with Crippen molar-refractivity contribution < 1.29 is 27.8 Å². The van der Waals surface area contributed by atoms with E-state index in [2.05, 4.69) is 0 Å². The first kappa shape index (κ1) is 15.3. The fraction of sp³-hybridized carbons (Fsp3) is 0.533. The third kappa shape index (κ3) is 2.71. The Labute approximate surface area is 126 Å². The van der Waals surface area contributed by atoms with E-state index < -0.39 is 17.9 Å². The number of hydrogen-bond donors (Lipinski definition) is 0. The average molecular weight is 313 g/mol. The monoisotopic (exact) mass is 313 g/mol. The Morgan fingerprint density at radius 3 is 2.55 bits per heavy atom. The summed E-state index contributed by atoms with van der Waals surface area (Å²) in [6, 6.07) is 1.30. The Hall–Kier alpha value is -1.57. The molecule has 0 aromatic heterocycles. The van der Waals surface area contributed by atoms with Crippen molar-refractivity contribution in [3.8, 4) is 0 Å². The second kappa shape index (κ2) is 6.28. The first-order valence-corrected chi connectivity index (χ1v) is 7.18. The summed E-state index contributed by atoms with van der Waals surface area (Å²) >= 11 is 0. The maximum absolute atomic E-state index is 14.5. The zero-order valence-corrected chi connectivity index (χ0v) is 12.2. The number of carbonyl (C=O) groups is 1. The molecule has 0 spiro atoms. The molecule has 0 aliphatic carbocycles. The minimum Gasteiger partial charge on any atom is -0.375 e. The van der Waals surface area contributed by atoms with Gasteiger partial charge in [0.2, 0.25) is 0 Å². The fourth-order valence-electron chi connectivity index (χ4n) is 2.80. The number of rotatable bonds is 3. The van der Waals surface area contributed by atoms with Crippen molar-refractivity contribution in [1.82, 2.24) is 0 Å². The molecule has 1 aromatic rings. The predicted molar refractivity (Wildman–Crippen MR) is 74.0 cm³/mol. The number of carbonyl (C=O) groups excluding carboxylic acids is 1. The summed E-state index contributed by atoms with van der Waals surface area (Å²) in [5.41, 5.74) is 0.0920. The molecule has 2 aliphatic rings. The molecule has 0 amide bonds. The first-order chi connectivity index (χ1) is 10.6. The Balaban J connectivity index is 2.08. The lowest BCUT2D eigenvalue weighted by Crippen LogP contribution is -2.42. The molecule has 5 nitrogen and oxygen atoms in total. The van der Waals surface area contributed by atoms with Gasteiger partial charge in [-0.25, -0.2) is 8.78 Å². The van der Waals surface area contributed by atoms with Gasteiger partial charge in [-0.15, -0.1) is 0 Å². The van der Waals surface area contributed by atoms with Crippen LogP contribution in [0.1, 0.15) is 29.1 Å². The van der Waals surface area contributed by atoms with Gasteiger partial charge in [-0.05, 0) is 13.0 Å². The van der Waals surface area contributed by atoms with Crippen LogP contribution in [0.3, 0.4) is 0 Å². The molecule has 2 aliphatic heterocycles. The third-order valence-electron chi connectivity index (χ3n) is 3.80. The smallest absolute Gasteiger partial charge is 0.186 e. The molecular formula is C15H17F2NO4. The lowest BCUT2D eigenvalue weighted by Gasteiger charge is -2.35. The van der Waals surface area contributed by atoms with Crippen molar-refractivity contribution in [3.05, 3.63) is 28.8 Å². The quantitative estimate of drug-likeness (QED) is 0.799. The van der Waals surface area contributed by atoms with E-state index in [1.165, 1.54) is 6.07 Å². The zero-order valence-electron chi connectivity index (χ0n) is 12.2. The van der Waals surface area contributed by atoms with Crippen LogP contribution in [0.2, 0.25) is 0 Å². The lowest BCUT2D eigenvalue weighted by atomic mass is 10.0. The summed E-state index contributed by atoms with van der Waals surface area (Å²) in [5, 5.41) is 0. The van der Waals surface area contributed by atoms with Crippen LogP contribution in [0, 0.1) is 11.6 Å². The number of hydrogen-bond acceptors (Lipinski definition) is 5. The molecule has 1 aromatic carbocycles. The van der Waals surface area contributed by atoms with Crippen molar-refractivity contribution in [2.24, 2.45) is 0 Å². The number of benzene rings is 1. The van der Waals surface area contributed by atoms with Crippen LogP contribution >= 0.6 is 0 Å². The molecule has 0 bridgehead atoms. The Bertz CT molecular complexity index is 575. The van der Waals surface area contributed by atoms with Gasteiger partial charge in [-0.3, -0.25) is 4.79 Å². The average Bonchev–Trinajstić information content (AvgIpc) is 3.04. The normalized spacial score (nSPS) is 23.0. The molecule has 2 saturated heterocycles. The van der Waals surface area contributed by atoms with E-state index in [4.69, 9.17) is 14.2 Å². The highest BCUT2D eigenvalue weighted by atomic mass is 19.2. The number of anilines is 1. The standard InChI is InChI=1S/C15H17F2NO4/c1-9-7-18(2-3-20-9)14-11(15-21-4-5-22-15)6-10(8-19)12(16)13(14)17/h6,8-9,15H,2-5,7H2,1H3/t9-/m0/s1. The zero-order chi connectivity index (χ0) is 15.7. The molecule has 0 N–H and O–H groups in total. The van der Waals surface area contributed by atoms with Crippen LogP contribution in [0.4, 0.5) is 14.5 Å². The maximum Gasteiger partial charge on any atom is 0.186 e. The maximum atomic E-state index is 14.5. The van der Waals surface area contributed by atoms with Gasteiger partial charge in [0.15, 0.2) is 24.2 Å². The minimum atomic E-state index is -1.15. The van der Waals surface area contributed by atoms with Gasteiger partial charge in [-0.2, -0.15) is 0 Å². The molecule has 1 atom stereocenters. The highest BCUT2D eigenvalue weighted by molar-refractivity contribution is 5.78. The van der Waals surface area contributed by atoms with Crippen LogP contribution < -0.4 is 4.90 Å². The summed E-state index contributed by atoms with van der Waals surface area (Å²) < 4.78 is 44.8. The number of nitrogens with zero attached hydrogens (tertiary/aromatic N) is 1. The highest BCUT2D eigenvalue weighted by Crippen LogP contribution is 2.37. The fourth-order valence-corrected chi connectivity index (χ4v) is 2.80. The number of halogens is 2. The summed E-state index contributed by atoms with van der Waals surface area (Å²) in [4.78, 5) is 12.7. The topological polar surface area (TPSA) is 48.0 Å². The van der Waals surface area contributed by atoms with E-state index in [0.29, 0.717) is 44.8 Å². The number of aldehydes is 1. The molecule has 120 valence electrons. The van der Waals surface area contributed by atoms with Crippen molar-refractivity contribution in [3.63, 3.8) is 0 Å². The van der Waals surface area contributed by atoms with Crippen LogP contribution in [0.25, 0.3) is 0 Å². The van der Waals surface area contributed by atoms with Crippen molar-refractivity contribution >= 4 is 12.0 Å². The second-order valence-corrected chi connectivity index (χ2v) is 5.35. The summed E-state index contributed by atoms with van der Waals surface area (Å²) in [5.74, 6) is -2.20. The van der Waals surface area contributed by atoms with Gasteiger partial charge >= 0.3 is 0 Å². The summed E-state index contributed by atoms with van der Waals surface area (Å²) in [6.07, 6.45) is -0.593. The van der Waals surface area contributed by atoms with E-state index in [9.17, 15) is 13.6 Å². The van der Waals surface area contributed by atoms with Crippen molar-refractivity contribution in [2.45, 2.75) is 19.3 Å². The molecule has 7 heteroatoms. The van der Waals surface area contributed by atoms with Gasteiger partial charge in [0, 0.05) is 18.7 Å². The van der Waals surface area contributed by atoms with Crippen LogP contribution in [0.15, 0.2) is 6.07 Å². The van der Waals surface area contributed by atoms with Crippen LogP contribution in [-0.2, 0) is 14.2 Å². The van der Waals surface area contributed by atoms with Gasteiger partial charge in [0.05, 0.1) is 37.2 Å². The number of morpholine rings is 1. The Kier molecular flexibility index (Phi) is 4.37. The molecule has 3 rings (SSSR count). The summed E-state index contributed by atoms with van der Waals surface area (Å²) in [6.45, 7) is 3.89. The van der Waals surface area contributed by atoms with Gasteiger partial charge in [-0.1, -0.05) is 0 Å². The minimum absolute atomic E-state index is 0.0881. The predicted octanol–water partition coefficient (Wildman–Crippen LogP) is 2.05. The van der Waals surface area contributed by atoms with Crippen LogP contribution in [0.5, 0.6) is 0 Å². The molecule has 0 radical (unpaired) electrons. The third-order valence-corrected chi connectivity index (χ3v) is 3.80. The van der Waals surface area contributed by atoms with Gasteiger partial charge < -0.3 is 19.1 Å².